The number of hydrogen-bond donors (Lipinski definition) is 1. The number of nitrogens with zero attached hydrogens (tertiary/aromatic N) is 2. The predicted octanol–water partition coefficient (Wildman–Crippen LogP) is 1.46. The quantitative estimate of drug-likeness (QED) is 0.826. The van der Waals surface area contributed by atoms with Crippen molar-refractivity contribution in [3.05, 3.63) is 24.3 Å². The van der Waals surface area contributed by atoms with Crippen molar-refractivity contribution >= 4 is 0 Å². The highest BCUT2D eigenvalue weighted by atomic mass is 16.5. The van der Waals surface area contributed by atoms with Crippen LogP contribution < -0.4 is 9.47 Å². The first-order valence-electron chi connectivity index (χ1n) is 8.00. The number of rotatable bonds is 7. The molecular weight excluding hydrogens is 280 g/mol. The Morgan fingerprint density at radius 2 is 2.00 bits per heavy atom. The average molecular weight is 308 g/mol. The standard InChI is InChI=1S/C17H28N2O3/c1-14-12-18(8-9-19(14)13-15(2)20)10-11-22-17-7-5-4-6-16(17)21-3/h4-7,14-15,20H,8-13H2,1-3H3/t14-,15-/m0/s1. The van der Waals surface area contributed by atoms with Gasteiger partial charge in [-0.15, -0.1) is 0 Å². The second-order valence-electron chi connectivity index (χ2n) is 5.99. The van der Waals surface area contributed by atoms with E-state index in [-0.39, 0.29) is 6.10 Å². The van der Waals surface area contributed by atoms with Gasteiger partial charge in [0.2, 0.25) is 0 Å². The minimum absolute atomic E-state index is 0.261. The maximum Gasteiger partial charge on any atom is 0.161 e. The number of benzene rings is 1. The summed E-state index contributed by atoms with van der Waals surface area (Å²) in [6.45, 7) is 9.42. The van der Waals surface area contributed by atoms with E-state index in [1.165, 1.54) is 0 Å². The fourth-order valence-electron chi connectivity index (χ4n) is 2.91. The molecule has 1 aliphatic rings. The van der Waals surface area contributed by atoms with Crippen molar-refractivity contribution in [1.82, 2.24) is 9.80 Å². The molecule has 1 saturated heterocycles. The summed E-state index contributed by atoms with van der Waals surface area (Å²) in [5, 5.41) is 9.52. The van der Waals surface area contributed by atoms with E-state index < -0.39 is 0 Å². The molecule has 0 radical (unpaired) electrons. The zero-order valence-corrected chi connectivity index (χ0v) is 13.9. The molecule has 22 heavy (non-hydrogen) atoms. The van der Waals surface area contributed by atoms with Gasteiger partial charge < -0.3 is 14.6 Å². The predicted molar refractivity (Wildman–Crippen MR) is 87.6 cm³/mol. The van der Waals surface area contributed by atoms with E-state index in [1.807, 2.05) is 31.2 Å². The van der Waals surface area contributed by atoms with Crippen molar-refractivity contribution in [1.29, 1.82) is 0 Å². The van der Waals surface area contributed by atoms with Gasteiger partial charge in [0, 0.05) is 38.8 Å². The van der Waals surface area contributed by atoms with Crippen molar-refractivity contribution in [2.75, 3.05) is 46.4 Å². The topological polar surface area (TPSA) is 45.2 Å². The maximum atomic E-state index is 9.52. The molecular formula is C17H28N2O3. The lowest BCUT2D eigenvalue weighted by Gasteiger charge is -2.40. The molecule has 1 fully saturated rings. The molecule has 0 aromatic heterocycles. The smallest absolute Gasteiger partial charge is 0.161 e. The first-order chi connectivity index (χ1) is 10.6. The lowest BCUT2D eigenvalue weighted by atomic mass is 10.1. The van der Waals surface area contributed by atoms with Crippen LogP contribution in [0, 0.1) is 0 Å². The van der Waals surface area contributed by atoms with Gasteiger partial charge in [-0.3, -0.25) is 9.80 Å². The number of para-hydroxylation sites is 2. The lowest BCUT2D eigenvalue weighted by Crippen LogP contribution is -2.54. The molecule has 1 N–H and O–H groups in total. The number of piperazine rings is 1. The molecule has 0 bridgehead atoms. The highest BCUT2D eigenvalue weighted by Gasteiger charge is 2.24. The van der Waals surface area contributed by atoms with Gasteiger partial charge in [-0.1, -0.05) is 12.1 Å². The Bertz CT molecular complexity index is 453. The molecule has 5 heteroatoms. The van der Waals surface area contributed by atoms with Crippen LogP contribution >= 0.6 is 0 Å². The Labute approximate surface area is 133 Å². The molecule has 1 aromatic carbocycles. The van der Waals surface area contributed by atoms with Crippen molar-refractivity contribution in [2.45, 2.75) is 26.0 Å². The van der Waals surface area contributed by atoms with Gasteiger partial charge in [0.05, 0.1) is 13.2 Å². The number of ether oxygens (including phenoxy) is 2. The van der Waals surface area contributed by atoms with Crippen LogP contribution in [-0.2, 0) is 0 Å². The summed E-state index contributed by atoms with van der Waals surface area (Å²) < 4.78 is 11.1. The summed E-state index contributed by atoms with van der Waals surface area (Å²) in [4.78, 5) is 4.76. The molecule has 0 spiro atoms. The van der Waals surface area contributed by atoms with Crippen molar-refractivity contribution in [2.24, 2.45) is 0 Å². The van der Waals surface area contributed by atoms with Crippen LogP contribution in [0.4, 0.5) is 0 Å². The van der Waals surface area contributed by atoms with Crippen LogP contribution in [0.2, 0.25) is 0 Å². The molecule has 1 aliphatic heterocycles. The normalized spacial score (nSPS) is 21.5. The summed E-state index contributed by atoms with van der Waals surface area (Å²) in [6, 6.07) is 8.20. The second-order valence-corrected chi connectivity index (χ2v) is 5.99. The monoisotopic (exact) mass is 308 g/mol. The van der Waals surface area contributed by atoms with E-state index in [2.05, 4.69) is 16.7 Å². The van der Waals surface area contributed by atoms with Gasteiger partial charge in [0.15, 0.2) is 11.5 Å². The molecule has 0 saturated carbocycles. The van der Waals surface area contributed by atoms with E-state index in [9.17, 15) is 5.11 Å². The molecule has 0 amide bonds. The number of aliphatic hydroxyl groups is 1. The van der Waals surface area contributed by atoms with Crippen LogP contribution in [0.3, 0.4) is 0 Å². The molecule has 2 rings (SSSR count). The molecule has 1 aromatic rings. The van der Waals surface area contributed by atoms with Gasteiger partial charge in [-0.05, 0) is 26.0 Å². The summed E-state index contributed by atoms with van der Waals surface area (Å²) in [5.74, 6) is 1.57. The third-order valence-electron chi connectivity index (χ3n) is 4.08. The van der Waals surface area contributed by atoms with Gasteiger partial charge in [0.25, 0.3) is 0 Å². The maximum absolute atomic E-state index is 9.52. The average Bonchev–Trinajstić information content (AvgIpc) is 2.50. The first kappa shape index (κ1) is 17.1. The number of aliphatic hydroxyl groups excluding tert-OH is 1. The Hall–Kier alpha value is -1.30. The number of methoxy groups -OCH3 is 1. The second kappa shape index (κ2) is 8.36. The van der Waals surface area contributed by atoms with Gasteiger partial charge in [-0.25, -0.2) is 0 Å². The third kappa shape index (κ3) is 4.87. The van der Waals surface area contributed by atoms with Crippen LogP contribution in [-0.4, -0.2) is 73.5 Å². The molecule has 5 nitrogen and oxygen atoms in total. The van der Waals surface area contributed by atoms with Crippen molar-refractivity contribution in [3.63, 3.8) is 0 Å². The Balaban J connectivity index is 1.74. The Kier molecular flexibility index (Phi) is 6.49. The molecule has 1 heterocycles. The Morgan fingerprint density at radius 3 is 2.64 bits per heavy atom. The highest BCUT2D eigenvalue weighted by molar-refractivity contribution is 5.39. The summed E-state index contributed by atoms with van der Waals surface area (Å²) in [6.07, 6.45) is -0.261. The molecule has 124 valence electrons. The summed E-state index contributed by atoms with van der Waals surface area (Å²) in [7, 11) is 1.66. The van der Waals surface area contributed by atoms with Gasteiger partial charge >= 0.3 is 0 Å². The largest absolute Gasteiger partial charge is 0.493 e. The fraction of sp³-hybridized carbons (Fsp3) is 0.647. The minimum atomic E-state index is -0.261. The van der Waals surface area contributed by atoms with Crippen LogP contribution in [0.5, 0.6) is 11.5 Å². The van der Waals surface area contributed by atoms with E-state index in [0.29, 0.717) is 12.6 Å². The molecule has 0 unspecified atom stereocenters. The SMILES string of the molecule is COc1ccccc1OCCN1CCN(C[C@H](C)O)[C@@H](C)C1. The zero-order valence-electron chi connectivity index (χ0n) is 13.9. The van der Waals surface area contributed by atoms with E-state index in [0.717, 1.165) is 44.2 Å². The Morgan fingerprint density at radius 1 is 1.27 bits per heavy atom. The minimum Gasteiger partial charge on any atom is -0.493 e. The zero-order chi connectivity index (χ0) is 15.9. The molecule has 2 atom stereocenters. The van der Waals surface area contributed by atoms with Crippen molar-refractivity contribution < 1.29 is 14.6 Å². The lowest BCUT2D eigenvalue weighted by molar-refractivity contribution is 0.0403. The number of hydrogen-bond acceptors (Lipinski definition) is 5. The molecule has 0 aliphatic carbocycles. The summed E-state index contributed by atoms with van der Waals surface area (Å²) >= 11 is 0. The van der Waals surface area contributed by atoms with Crippen LogP contribution in [0.1, 0.15) is 13.8 Å². The van der Waals surface area contributed by atoms with Gasteiger partial charge in [-0.2, -0.15) is 0 Å². The van der Waals surface area contributed by atoms with E-state index in [4.69, 9.17) is 9.47 Å². The highest BCUT2D eigenvalue weighted by Crippen LogP contribution is 2.25. The first-order valence-corrected chi connectivity index (χ1v) is 8.00. The van der Waals surface area contributed by atoms with Crippen LogP contribution in [0.15, 0.2) is 24.3 Å². The van der Waals surface area contributed by atoms with E-state index in [1.54, 1.807) is 7.11 Å². The third-order valence-corrected chi connectivity index (χ3v) is 4.08. The van der Waals surface area contributed by atoms with Crippen LogP contribution in [0.25, 0.3) is 0 Å². The van der Waals surface area contributed by atoms with Crippen molar-refractivity contribution in [3.8, 4) is 11.5 Å². The van der Waals surface area contributed by atoms with Gasteiger partial charge in [0.1, 0.15) is 6.61 Å². The number of β-amino-alcohol motifs (C(OH)–C–C–N with tert-alkyl or cyclic N) is 1. The summed E-state index contributed by atoms with van der Waals surface area (Å²) in [5.41, 5.74) is 0. The van der Waals surface area contributed by atoms with E-state index >= 15 is 0 Å². The fourth-order valence-corrected chi connectivity index (χ4v) is 2.91.